The monoisotopic (exact) mass is 490 g/mol. The van der Waals surface area contributed by atoms with Gasteiger partial charge in [0.1, 0.15) is 5.58 Å². The molecule has 0 fully saturated rings. The molecule has 0 saturated carbocycles. The van der Waals surface area contributed by atoms with Gasteiger partial charge in [-0.1, -0.05) is 13.8 Å². The van der Waals surface area contributed by atoms with Crippen LogP contribution in [0.1, 0.15) is 25.2 Å². The van der Waals surface area contributed by atoms with Gasteiger partial charge in [-0.25, -0.2) is 23.1 Å². The van der Waals surface area contributed by atoms with Gasteiger partial charge in [0.05, 0.1) is 33.6 Å². The van der Waals surface area contributed by atoms with Gasteiger partial charge in [-0.2, -0.15) is 0 Å². The first kappa shape index (κ1) is 23.1. The molecule has 4 aromatic rings. The Hall–Kier alpha value is -2.11. The lowest BCUT2D eigenvalue weighted by atomic mass is 10.1. The van der Waals surface area contributed by atoms with Crippen molar-refractivity contribution in [2.75, 3.05) is 13.1 Å². The minimum absolute atomic E-state index is 0.226. The maximum Gasteiger partial charge on any atom is 0.240 e. The predicted molar refractivity (Wildman–Crippen MR) is 128 cm³/mol. The summed E-state index contributed by atoms with van der Waals surface area (Å²) in [5.41, 5.74) is 6.14. The lowest BCUT2D eigenvalue weighted by Gasteiger charge is -2.28. The second-order valence-electron chi connectivity index (χ2n) is 8.19. The Morgan fingerprint density at radius 1 is 1.06 bits per heavy atom. The van der Waals surface area contributed by atoms with Crippen molar-refractivity contribution in [3.8, 4) is 0 Å². The molecule has 0 saturated heterocycles. The van der Waals surface area contributed by atoms with Crippen molar-refractivity contribution in [2.24, 2.45) is 5.92 Å². The number of nitrogens with one attached hydrogen (secondary N) is 1. The number of furan rings is 1. The zero-order valence-corrected chi connectivity index (χ0v) is 20.4. The van der Waals surface area contributed by atoms with E-state index in [-0.39, 0.29) is 10.9 Å². The summed E-state index contributed by atoms with van der Waals surface area (Å²) in [6.45, 7) is 6.40. The SMILES string of the molecule is CC(C)CN(Cc1cscn1)C[C@H](Cc1cscn1)NS(=O)(=O)c1ccc2occc2c1. The van der Waals surface area contributed by atoms with Gasteiger partial charge in [-0.15, -0.1) is 22.7 Å². The molecule has 4 rings (SSSR count). The van der Waals surface area contributed by atoms with Crippen molar-refractivity contribution < 1.29 is 12.8 Å². The largest absolute Gasteiger partial charge is 0.464 e. The second-order valence-corrected chi connectivity index (χ2v) is 11.3. The number of fused-ring (bicyclic) bond motifs is 1. The molecule has 0 amide bonds. The average molecular weight is 491 g/mol. The fourth-order valence-electron chi connectivity index (χ4n) is 3.71. The van der Waals surface area contributed by atoms with Crippen LogP contribution in [0.3, 0.4) is 0 Å². The fourth-order valence-corrected chi connectivity index (χ4v) is 6.09. The first-order chi connectivity index (χ1) is 15.4. The predicted octanol–water partition coefficient (Wildman–Crippen LogP) is 4.39. The molecule has 1 aromatic carbocycles. The van der Waals surface area contributed by atoms with Crippen LogP contribution in [0.2, 0.25) is 0 Å². The van der Waals surface area contributed by atoms with Crippen LogP contribution >= 0.6 is 22.7 Å². The first-order valence-corrected chi connectivity index (χ1v) is 13.7. The van der Waals surface area contributed by atoms with Crippen LogP contribution in [-0.2, 0) is 23.0 Å². The molecule has 10 heteroatoms. The number of aromatic nitrogens is 2. The van der Waals surface area contributed by atoms with E-state index in [0.717, 1.165) is 23.3 Å². The zero-order chi connectivity index (χ0) is 22.6. The second kappa shape index (κ2) is 10.2. The van der Waals surface area contributed by atoms with Crippen molar-refractivity contribution in [1.82, 2.24) is 19.6 Å². The summed E-state index contributed by atoms with van der Waals surface area (Å²) in [6, 6.07) is 6.34. The molecule has 170 valence electrons. The highest BCUT2D eigenvalue weighted by atomic mass is 32.2. The molecule has 7 nitrogen and oxygen atoms in total. The Morgan fingerprint density at radius 2 is 1.81 bits per heavy atom. The maximum atomic E-state index is 13.3. The van der Waals surface area contributed by atoms with E-state index in [1.807, 2.05) is 16.3 Å². The van der Waals surface area contributed by atoms with E-state index < -0.39 is 10.0 Å². The molecular weight excluding hydrogens is 464 g/mol. The summed E-state index contributed by atoms with van der Waals surface area (Å²) in [5, 5.41) is 4.76. The lowest BCUT2D eigenvalue weighted by Crippen LogP contribution is -2.45. The Kier molecular flexibility index (Phi) is 7.37. The van der Waals surface area contributed by atoms with Gasteiger partial charge in [-0.3, -0.25) is 4.90 Å². The standard InChI is InChI=1S/C22H26N4O3S3/c1-16(2)9-26(11-20-13-31-15-24-20)10-18(8-19-12-30-14-23-19)25-32(27,28)21-3-4-22-17(7-21)5-6-29-22/h3-7,12-16,18,25H,8-11H2,1-2H3/t18-/m0/s1. The summed E-state index contributed by atoms with van der Waals surface area (Å²) < 4.78 is 34.8. The highest BCUT2D eigenvalue weighted by Crippen LogP contribution is 2.21. The molecule has 0 aliphatic carbocycles. The fraction of sp³-hybridized carbons (Fsp3) is 0.364. The van der Waals surface area contributed by atoms with Crippen LogP contribution < -0.4 is 4.72 Å². The minimum atomic E-state index is -3.72. The molecule has 0 bridgehead atoms. The number of benzene rings is 1. The van der Waals surface area contributed by atoms with Gasteiger partial charge >= 0.3 is 0 Å². The molecule has 0 aliphatic heterocycles. The van der Waals surface area contributed by atoms with Gasteiger partial charge in [-0.05, 0) is 30.2 Å². The minimum Gasteiger partial charge on any atom is -0.464 e. The average Bonchev–Trinajstić information content (AvgIpc) is 3.49. The van der Waals surface area contributed by atoms with Crippen molar-refractivity contribution in [3.05, 3.63) is 63.7 Å². The number of thiazole rings is 2. The molecule has 3 heterocycles. The highest BCUT2D eigenvalue weighted by Gasteiger charge is 2.24. The number of rotatable bonds is 11. The molecule has 1 N–H and O–H groups in total. The smallest absolute Gasteiger partial charge is 0.240 e. The zero-order valence-electron chi connectivity index (χ0n) is 18.0. The topological polar surface area (TPSA) is 88.3 Å². The third-order valence-electron chi connectivity index (χ3n) is 4.97. The van der Waals surface area contributed by atoms with Crippen LogP contribution in [0.5, 0.6) is 0 Å². The van der Waals surface area contributed by atoms with Crippen LogP contribution in [0.4, 0.5) is 0 Å². The molecule has 0 spiro atoms. The van der Waals surface area contributed by atoms with Crippen LogP contribution in [-0.4, -0.2) is 42.4 Å². The summed E-state index contributed by atoms with van der Waals surface area (Å²) in [4.78, 5) is 11.3. The normalized spacial score (nSPS) is 13.4. The Bertz CT molecular complexity index is 1220. The van der Waals surface area contributed by atoms with E-state index >= 15 is 0 Å². The van der Waals surface area contributed by atoms with E-state index in [4.69, 9.17) is 4.42 Å². The third-order valence-corrected chi connectivity index (χ3v) is 7.75. The number of hydrogen-bond donors (Lipinski definition) is 1. The number of sulfonamides is 1. The molecule has 0 unspecified atom stereocenters. The lowest BCUT2D eigenvalue weighted by molar-refractivity contribution is 0.214. The molecule has 1 atom stereocenters. The summed E-state index contributed by atoms with van der Waals surface area (Å²) in [6.07, 6.45) is 2.07. The Balaban J connectivity index is 1.57. The summed E-state index contributed by atoms with van der Waals surface area (Å²) in [5.74, 6) is 0.439. The van der Waals surface area contributed by atoms with Crippen LogP contribution in [0.25, 0.3) is 11.0 Å². The molecule has 3 aromatic heterocycles. The van der Waals surface area contributed by atoms with E-state index in [2.05, 4.69) is 33.4 Å². The summed E-state index contributed by atoms with van der Waals surface area (Å²) in [7, 11) is -3.72. The molecule has 0 radical (unpaired) electrons. The number of hydrogen-bond acceptors (Lipinski definition) is 8. The molecule has 0 aliphatic rings. The number of nitrogens with zero attached hydrogens (tertiary/aromatic N) is 3. The van der Waals surface area contributed by atoms with Crippen molar-refractivity contribution in [2.45, 2.75) is 37.8 Å². The molecular formula is C22H26N4O3S3. The van der Waals surface area contributed by atoms with Gasteiger partial charge < -0.3 is 4.42 Å². The van der Waals surface area contributed by atoms with Crippen LogP contribution in [0, 0.1) is 5.92 Å². The third kappa shape index (κ3) is 6.02. The summed E-state index contributed by atoms with van der Waals surface area (Å²) >= 11 is 3.08. The quantitative estimate of drug-likeness (QED) is 0.335. The van der Waals surface area contributed by atoms with Gasteiger partial charge in [0.2, 0.25) is 10.0 Å². The maximum absolute atomic E-state index is 13.3. The van der Waals surface area contributed by atoms with Gasteiger partial charge in [0.15, 0.2) is 0 Å². The Morgan fingerprint density at radius 3 is 2.50 bits per heavy atom. The highest BCUT2D eigenvalue weighted by molar-refractivity contribution is 7.89. The van der Waals surface area contributed by atoms with Crippen molar-refractivity contribution >= 4 is 43.7 Å². The van der Waals surface area contributed by atoms with Gasteiger partial charge in [0.25, 0.3) is 0 Å². The molecule has 32 heavy (non-hydrogen) atoms. The van der Waals surface area contributed by atoms with E-state index in [0.29, 0.717) is 31.0 Å². The van der Waals surface area contributed by atoms with E-state index in [9.17, 15) is 8.42 Å². The van der Waals surface area contributed by atoms with Crippen molar-refractivity contribution in [1.29, 1.82) is 0 Å². The van der Waals surface area contributed by atoms with Crippen LogP contribution in [0.15, 0.2) is 61.6 Å². The van der Waals surface area contributed by atoms with Crippen molar-refractivity contribution in [3.63, 3.8) is 0 Å². The van der Waals surface area contributed by atoms with E-state index in [1.54, 1.807) is 47.4 Å². The van der Waals surface area contributed by atoms with Gasteiger partial charge in [0, 0.05) is 48.2 Å². The Labute approximate surface area is 196 Å². The van der Waals surface area contributed by atoms with E-state index in [1.165, 1.54) is 11.3 Å². The first-order valence-electron chi connectivity index (χ1n) is 10.3.